The first-order valence-corrected chi connectivity index (χ1v) is 13.7. The molecule has 3 nitrogen and oxygen atoms in total. The Morgan fingerprint density at radius 2 is 1.68 bits per heavy atom. The van der Waals surface area contributed by atoms with Gasteiger partial charge in [0.2, 0.25) is 0 Å². The molecule has 6 heteroatoms. The summed E-state index contributed by atoms with van der Waals surface area (Å²) in [5, 5.41) is 11.3. The fourth-order valence-corrected chi connectivity index (χ4v) is 6.09. The molecule has 34 heavy (non-hydrogen) atoms. The molecule has 0 saturated heterocycles. The molecule has 3 aromatic carbocycles. The van der Waals surface area contributed by atoms with Crippen LogP contribution in [0.3, 0.4) is 0 Å². The van der Waals surface area contributed by atoms with Gasteiger partial charge in [0.25, 0.3) is 0 Å². The Morgan fingerprint density at radius 3 is 2.35 bits per heavy atom. The summed E-state index contributed by atoms with van der Waals surface area (Å²) in [6.07, 6.45) is 0. The predicted molar refractivity (Wildman–Crippen MR) is 143 cm³/mol. The lowest BCUT2D eigenvalue weighted by Gasteiger charge is -2.13. The van der Waals surface area contributed by atoms with Crippen molar-refractivity contribution in [3.05, 3.63) is 107 Å². The number of hydrogen-bond acceptors (Lipinski definition) is 4. The van der Waals surface area contributed by atoms with Crippen LogP contribution in [-0.2, 0) is 16.6 Å². The first-order valence-electron chi connectivity index (χ1n) is 10.8. The Hall–Kier alpha value is -2.91. The number of aryl methyl sites for hydroxylation is 1. The summed E-state index contributed by atoms with van der Waals surface area (Å²) in [6, 6.07) is 29.9. The summed E-state index contributed by atoms with van der Waals surface area (Å²) in [6.45, 7) is 2.05. The number of halogens is 1. The number of aromatic nitrogens is 1. The average Bonchev–Trinajstić information content (AvgIpc) is 2.86. The number of thioether (sulfide) groups is 1. The minimum absolute atomic E-state index is 0.481. The van der Waals surface area contributed by atoms with E-state index in [1.54, 1.807) is 0 Å². The largest absolute Gasteiger partial charge is 0.259 e. The van der Waals surface area contributed by atoms with Crippen molar-refractivity contribution in [2.75, 3.05) is 11.5 Å². The van der Waals surface area contributed by atoms with E-state index in [4.69, 9.17) is 16.6 Å². The number of nitriles is 1. The van der Waals surface area contributed by atoms with E-state index >= 15 is 0 Å². The number of rotatable bonds is 8. The first kappa shape index (κ1) is 24.2. The average molecular weight is 503 g/mol. The van der Waals surface area contributed by atoms with Crippen molar-refractivity contribution in [3.8, 4) is 28.5 Å². The Balaban J connectivity index is 1.59. The zero-order valence-electron chi connectivity index (χ0n) is 18.7. The van der Waals surface area contributed by atoms with E-state index in [9.17, 15) is 9.47 Å². The van der Waals surface area contributed by atoms with Crippen LogP contribution in [-0.4, -0.2) is 20.7 Å². The van der Waals surface area contributed by atoms with E-state index in [1.165, 1.54) is 17.3 Å². The third kappa shape index (κ3) is 6.15. The van der Waals surface area contributed by atoms with Gasteiger partial charge in [-0.05, 0) is 36.2 Å². The predicted octanol–water partition coefficient (Wildman–Crippen LogP) is 7.29. The monoisotopic (exact) mass is 502 g/mol. The molecular formula is C28H23ClN2OS2. The summed E-state index contributed by atoms with van der Waals surface area (Å²) in [5.74, 6) is 1.59. The smallest absolute Gasteiger partial charge is 0.115 e. The third-order valence-electron chi connectivity index (χ3n) is 5.32. The second-order valence-corrected chi connectivity index (χ2v) is 10.9. The second kappa shape index (κ2) is 11.5. The van der Waals surface area contributed by atoms with Gasteiger partial charge in [-0.2, -0.15) is 5.26 Å². The molecule has 0 saturated carbocycles. The Labute approximate surface area is 212 Å². The summed E-state index contributed by atoms with van der Waals surface area (Å²) in [5.41, 5.74) is 6.38. The Bertz CT molecular complexity index is 1330. The highest BCUT2D eigenvalue weighted by molar-refractivity contribution is 8.00. The summed E-state index contributed by atoms with van der Waals surface area (Å²) >= 11 is 7.42. The van der Waals surface area contributed by atoms with E-state index in [2.05, 4.69) is 25.1 Å². The molecule has 0 aliphatic rings. The van der Waals surface area contributed by atoms with Crippen molar-refractivity contribution in [1.29, 1.82) is 5.26 Å². The van der Waals surface area contributed by atoms with Gasteiger partial charge >= 0.3 is 0 Å². The number of benzene rings is 3. The minimum atomic E-state index is -1.02. The molecule has 0 aliphatic carbocycles. The number of hydrogen-bond donors (Lipinski definition) is 0. The second-order valence-electron chi connectivity index (χ2n) is 7.84. The van der Waals surface area contributed by atoms with E-state index in [0.717, 1.165) is 27.9 Å². The standard InChI is InChI=1S/C28H23ClN2OS2/c1-20-7-11-23(12-8-20)27-17-25(22-5-3-2-4-6-22)26(18-30)28(31-27)33-15-16-34(32)19-21-9-13-24(29)14-10-21/h2-14,17H,15-16,19H2,1H3/t34-/m1/s1. The van der Waals surface area contributed by atoms with Gasteiger partial charge in [0.05, 0.1) is 11.3 Å². The molecule has 0 aliphatic heterocycles. The van der Waals surface area contributed by atoms with Crippen molar-refractivity contribution in [2.24, 2.45) is 0 Å². The van der Waals surface area contributed by atoms with Crippen LogP contribution in [0.5, 0.6) is 0 Å². The van der Waals surface area contributed by atoms with Crippen LogP contribution in [0, 0.1) is 18.3 Å². The van der Waals surface area contributed by atoms with Gasteiger partial charge in [-0.1, -0.05) is 83.9 Å². The maximum Gasteiger partial charge on any atom is 0.115 e. The third-order valence-corrected chi connectivity index (χ3v) is 8.12. The van der Waals surface area contributed by atoms with Crippen LogP contribution in [0.4, 0.5) is 0 Å². The van der Waals surface area contributed by atoms with Crippen molar-refractivity contribution in [1.82, 2.24) is 4.98 Å². The zero-order chi connectivity index (χ0) is 23.9. The van der Waals surface area contributed by atoms with Crippen LogP contribution in [0.2, 0.25) is 5.02 Å². The maximum atomic E-state index is 12.6. The molecular weight excluding hydrogens is 480 g/mol. The number of nitrogens with zero attached hydrogens (tertiary/aromatic N) is 2. The van der Waals surface area contributed by atoms with Gasteiger partial charge in [-0.25, -0.2) is 4.98 Å². The minimum Gasteiger partial charge on any atom is -0.259 e. The maximum absolute atomic E-state index is 12.6. The number of pyridine rings is 1. The molecule has 0 fully saturated rings. The Kier molecular flexibility index (Phi) is 8.18. The molecule has 0 unspecified atom stereocenters. The highest BCUT2D eigenvalue weighted by atomic mass is 35.5. The normalized spacial score (nSPS) is 11.7. The molecule has 0 radical (unpaired) electrons. The van der Waals surface area contributed by atoms with E-state index in [-0.39, 0.29) is 0 Å². The van der Waals surface area contributed by atoms with Crippen LogP contribution in [0.15, 0.2) is 90.0 Å². The highest BCUT2D eigenvalue weighted by Crippen LogP contribution is 2.34. The lowest BCUT2D eigenvalue weighted by molar-refractivity contribution is 0.683. The van der Waals surface area contributed by atoms with Gasteiger partial charge in [0, 0.05) is 44.2 Å². The molecule has 170 valence electrons. The lowest BCUT2D eigenvalue weighted by Crippen LogP contribution is -2.04. The van der Waals surface area contributed by atoms with Gasteiger partial charge in [0.15, 0.2) is 0 Å². The molecule has 4 rings (SSSR count). The fraction of sp³-hybridized carbons (Fsp3) is 0.143. The van der Waals surface area contributed by atoms with Gasteiger partial charge < -0.3 is 0 Å². The lowest BCUT2D eigenvalue weighted by atomic mass is 9.99. The topological polar surface area (TPSA) is 53.8 Å². The van der Waals surface area contributed by atoms with Crippen molar-refractivity contribution in [3.63, 3.8) is 0 Å². The van der Waals surface area contributed by atoms with E-state index < -0.39 is 10.8 Å². The SMILES string of the molecule is Cc1ccc(-c2cc(-c3ccccc3)c(C#N)c(SCC[S@@](=O)Cc3ccc(Cl)cc3)n2)cc1. The van der Waals surface area contributed by atoms with Crippen LogP contribution < -0.4 is 0 Å². The molecule has 4 aromatic rings. The van der Waals surface area contributed by atoms with Gasteiger partial charge in [-0.15, -0.1) is 11.8 Å². The quantitative estimate of drug-likeness (QED) is 0.237. The van der Waals surface area contributed by atoms with Crippen LogP contribution >= 0.6 is 23.4 Å². The van der Waals surface area contributed by atoms with E-state index in [1.807, 2.05) is 72.8 Å². The molecule has 0 N–H and O–H groups in total. The first-order chi connectivity index (χ1) is 16.5. The van der Waals surface area contributed by atoms with Gasteiger partial charge in [-0.3, -0.25) is 4.21 Å². The van der Waals surface area contributed by atoms with Crippen LogP contribution in [0.1, 0.15) is 16.7 Å². The Morgan fingerprint density at radius 1 is 0.971 bits per heavy atom. The molecule has 0 amide bonds. The zero-order valence-corrected chi connectivity index (χ0v) is 21.1. The summed E-state index contributed by atoms with van der Waals surface area (Å²) in [4.78, 5) is 4.85. The van der Waals surface area contributed by atoms with Gasteiger partial charge in [0.1, 0.15) is 11.1 Å². The molecule has 0 spiro atoms. The van der Waals surface area contributed by atoms with Crippen molar-refractivity contribution < 1.29 is 4.21 Å². The fourth-order valence-electron chi connectivity index (χ4n) is 3.52. The van der Waals surface area contributed by atoms with Crippen LogP contribution in [0.25, 0.3) is 22.4 Å². The molecule has 1 atom stereocenters. The summed E-state index contributed by atoms with van der Waals surface area (Å²) < 4.78 is 12.6. The molecule has 1 aromatic heterocycles. The summed E-state index contributed by atoms with van der Waals surface area (Å²) in [7, 11) is -1.02. The van der Waals surface area contributed by atoms with E-state index in [0.29, 0.717) is 32.9 Å². The van der Waals surface area contributed by atoms with Crippen molar-refractivity contribution >= 4 is 34.2 Å². The molecule has 1 heterocycles. The molecule has 0 bridgehead atoms. The van der Waals surface area contributed by atoms with Crippen molar-refractivity contribution in [2.45, 2.75) is 17.7 Å². The highest BCUT2D eigenvalue weighted by Gasteiger charge is 2.16.